The third kappa shape index (κ3) is 4.87. The van der Waals surface area contributed by atoms with Crippen molar-refractivity contribution in [2.45, 2.75) is 25.8 Å². The van der Waals surface area contributed by atoms with Crippen molar-refractivity contribution in [3.63, 3.8) is 0 Å². The highest BCUT2D eigenvalue weighted by molar-refractivity contribution is 6.03. The van der Waals surface area contributed by atoms with Gasteiger partial charge in [0.15, 0.2) is 0 Å². The molecule has 180 valence electrons. The molecule has 35 heavy (non-hydrogen) atoms. The number of amides is 2. The van der Waals surface area contributed by atoms with E-state index < -0.39 is 35.7 Å². The smallest absolute Gasteiger partial charge is 0.411 e. The number of nitrogens with one attached hydrogen (secondary N) is 2. The van der Waals surface area contributed by atoms with Gasteiger partial charge in [-0.25, -0.2) is 9.18 Å². The third-order valence-corrected chi connectivity index (χ3v) is 6.33. The van der Waals surface area contributed by atoms with E-state index in [2.05, 4.69) is 10.6 Å². The Bertz CT molecular complexity index is 1250. The average Bonchev–Trinajstić information content (AvgIpc) is 3.17. The number of hydrogen-bond acceptors (Lipinski definition) is 4. The lowest BCUT2D eigenvalue weighted by atomic mass is 9.98. The topological polar surface area (TPSA) is 105 Å². The van der Waals surface area contributed by atoms with Gasteiger partial charge < -0.3 is 15.2 Å². The first kappa shape index (κ1) is 23.9. The van der Waals surface area contributed by atoms with E-state index in [9.17, 15) is 18.8 Å². The summed E-state index contributed by atoms with van der Waals surface area (Å²) in [5, 5.41) is 14.0. The number of para-hydroxylation sites is 1. The standard InChI is InChI=1S/C27H25FN2O5/c1-15(26(32)33)16(2)29-25(31)21-12-7-13-23(28)24(21)30-27(34)35-14-22-19-10-5-3-8-17(19)18-9-4-6-11-20(18)22/h3-13,15-16,22H,14H2,1-2H3,(H,29,31)(H,30,34)(H,32,33). The lowest BCUT2D eigenvalue weighted by molar-refractivity contribution is -0.141. The molecule has 8 heteroatoms. The molecule has 0 aliphatic heterocycles. The molecule has 3 aromatic rings. The van der Waals surface area contributed by atoms with Gasteiger partial charge in [-0.2, -0.15) is 0 Å². The number of ether oxygens (including phenoxy) is 1. The SMILES string of the molecule is CC(NC(=O)c1cccc(F)c1NC(=O)OCC1c2ccccc2-c2ccccc21)C(C)C(=O)O. The molecule has 0 radical (unpaired) electrons. The van der Waals surface area contributed by atoms with Crippen LogP contribution in [0.5, 0.6) is 0 Å². The van der Waals surface area contributed by atoms with Crippen LogP contribution >= 0.6 is 0 Å². The predicted molar refractivity (Wildman–Crippen MR) is 129 cm³/mol. The largest absolute Gasteiger partial charge is 0.481 e. The third-order valence-electron chi connectivity index (χ3n) is 6.33. The van der Waals surface area contributed by atoms with Gasteiger partial charge in [-0.3, -0.25) is 14.9 Å². The zero-order valence-electron chi connectivity index (χ0n) is 19.2. The molecule has 0 saturated heterocycles. The van der Waals surface area contributed by atoms with E-state index in [1.807, 2.05) is 48.5 Å². The number of anilines is 1. The number of hydrogen-bond donors (Lipinski definition) is 3. The van der Waals surface area contributed by atoms with Crippen LogP contribution in [0, 0.1) is 11.7 Å². The molecule has 2 atom stereocenters. The first-order valence-electron chi connectivity index (χ1n) is 11.2. The van der Waals surface area contributed by atoms with Gasteiger partial charge in [-0.1, -0.05) is 54.6 Å². The van der Waals surface area contributed by atoms with Gasteiger partial charge in [0.2, 0.25) is 0 Å². The fraction of sp³-hybridized carbons (Fsp3) is 0.222. The Morgan fingerprint density at radius 3 is 2.14 bits per heavy atom. The van der Waals surface area contributed by atoms with Crippen molar-refractivity contribution in [3.8, 4) is 11.1 Å². The molecular weight excluding hydrogens is 451 g/mol. The van der Waals surface area contributed by atoms with E-state index in [0.29, 0.717) is 0 Å². The van der Waals surface area contributed by atoms with E-state index in [1.165, 1.54) is 26.0 Å². The van der Waals surface area contributed by atoms with E-state index in [4.69, 9.17) is 9.84 Å². The minimum absolute atomic E-state index is 0.0308. The van der Waals surface area contributed by atoms with Crippen molar-refractivity contribution >= 4 is 23.7 Å². The number of halogens is 1. The molecule has 0 spiro atoms. The molecule has 7 nitrogen and oxygen atoms in total. The summed E-state index contributed by atoms with van der Waals surface area (Å²) in [6.45, 7) is 3.02. The van der Waals surface area contributed by atoms with Gasteiger partial charge in [-0.05, 0) is 48.2 Å². The quantitative estimate of drug-likeness (QED) is 0.444. The molecule has 2 unspecified atom stereocenters. The van der Waals surface area contributed by atoms with Crippen molar-refractivity contribution in [2.24, 2.45) is 5.92 Å². The van der Waals surface area contributed by atoms with Gasteiger partial charge in [0.1, 0.15) is 12.4 Å². The van der Waals surface area contributed by atoms with E-state index in [-0.39, 0.29) is 23.8 Å². The molecule has 2 amide bonds. The highest BCUT2D eigenvalue weighted by atomic mass is 19.1. The van der Waals surface area contributed by atoms with Crippen LogP contribution in [0.2, 0.25) is 0 Å². The van der Waals surface area contributed by atoms with Gasteiger partial charge in [0, 0.05) is 12.0 Å². The van der Waals surface area contributed by atoms with Crippen LogP contribution in [-0.2, 0) is 9.53 Å². The molecule has 0 fully saturated rings. The monoisotopic (exact) mass is 476 g/mol. The lowest BCUT2D eigenvalue weighted by Crippen LogP contribution is -2.40. The van der Waals surface area contributed by atoms with Crippen LogP contribution in [0.25, 0.3) is 11.1 Å². The van der Waals surface area contributed by atoms with Crippen molar-refractivity contribution < 1.29 is 28.6 Å². The van der Waals surface area contributed by atoms with Crippen LogP contribution in [0.3, 0.4) is 0 Å². The van der Waals surface area contributed by atoms with E-state index >= 15 is 0 Å². The second-order valence-corrected chi connectivity index (χ2v) is 8.50. The molecule has 1 aliphatic rings. The molecule has 3 aromatic carbocycles. The minimum atomic E-state index is -1.07. The minimum Gasteiger partial charge on any atom is -0.481 e. The predicted octanol–water partition coefficient (Wildman–Crippen LogP) is 5.03. The first-order valence-corrected chi connectivity index (χ1v) is 11.2. The summed E-state index contributed by atoms with van der Waals surface area (Å²) in [7, 11) is 0. The van der Waals surface area contributed by atoms with Gasteiger partial charge in [-0.15, -0.1) is 0 Å². The molecule has 0 saturated carbocycles. The van der Waals surface area contributed by atoms with Crippen molar-refractivity contribution in [3.05, 3.63) is 89.2 Å². The van der Waals surface area contributed by atoms with Crippen LogP contribution in [0.15, 0.2) is 66.7 Å². The number of rotatable bonds is 7. The highest BCUT2D eigenvalue weighted by Crippen LogP contribution is 2.44. The van der Waals surface area contributed by atoms with Crippen LogP contribution < -0.4 is 10.6 Å². The second kappa shape index (κ2) is 9.97. The zero-order chi connectivity index (χ0) is 25.1. The fourth-order valence-electron chi connectivity index (χ4n) is 4.20. The molecule has 1 aliphatic carbocycles. The Morgan fingerprint density at radius 1 is 0.943 bits per heavy atom. The van der Waals surface area contributed by atoms with Crippen molar-refractivity contribution in [1.82, 2.24) is 5.32 Å². The number of carboxylic acids is 1. The van der Waals surface area contributed by atoms with Crippen LogP contribution in [0.1, 0.15) is 41.3 Å². The molecule has 0 heterocycles. The average molecular weight is 477 g/mol. The lowest BCUT2D eigenvalue weighted by Gasteiger charge is -2.19. The van der Waals surface area contributed by atoms with Gasteiger partial charge in [0.05, 0.1) is 17.2 Å². The van der Waals surface area contributed by atoms with Crippen LogP contribution in [-0.4, -0.2) is 35.7 Å². The Kier molecular flexibility index (Phi) is 6.82. The summed E-state index contributed by atoms with van der Waals surface area (Å²) in [6.07, 6.45) is -0.905. The van der Waals surface area contributed by atoms with Crippen molar-refractivity contribution in [1.29, 1.82) is 0 Å². The molecule has 4 rings (SSSR count). The maximum Gasteiger partial charge on any atom is 0.411 e. The zero-order valence-corrected chi connectivity index (χ0v) is 19.2. The summed E-state index contributed by atoms with van der Waals surface area (Å²) in [4.78, 5) is 36.5. The Morgan fingerprint density at radius 2 is 1.54 bits per heavy atom. The maximum absolute atomic E-state index is 14.6. The molecule has 0 aromatic heterocycles. The summed E-state index contributed by atoms with van der Waals surface area (Å²) >= 11 is 0. The normalized spacial score (nSPS) is 13.8. The number of carbonyl (C=O) groups excluding carboxylic acids is 2. The van der Waals surface area contributed by atoms with E-state index in [1.54, 1.807) is 0 Å². The van der Waals surface area contributed by atoms with Gasteiger partial charge in [0.25, 0.3) is 5.91 Å². The first-order chi connectivity index (χ1) is 16.8. The molecule has 0 bridgehead atoms. The Hall–Kier alpha value is -4.20. The molecular formula is C27H25FN2O5. The summed E-state index contributed by atoms with van der Waals surface area (Å²) < 4.78 is 20.0. The summed E-state index contributed by atoms with van der Waals surface area (Å²) in [5.41, 5.74) is 3.76. The summed E-state index contributed by atoms with van der Waals surface area (Å²) in [5.74, 6) is -3.63. The molecule has 3 N–H and O–H groups in total. The van der Waals surface area contributed by atoms with Gasteiger partial charge >= 0.3 is 12.1 Å². The number of aliphatic carboxylic acids is 1. The number of fused-ring (bicyclic) bond motifs is 3. The van der Waals surface area contributed by atoms with Crippen molar-refractivity contribution in [2.75, 3.05) is 11.9 Å². The van der Waals surface area contributed by atoms with Crippen LogP contribution in [0.4, 0.5) is 14.9 Å². The fourth-order valence-corrected chi connectivity index (χ4v) is 4.20. The summed E-state index contributed by atoms with van der Waals surface area (Å²) in [6, 6.07) is 18.8. The van der Waals surface area contributed by atoms with E-state index in [0.717, 1.165) is 28.3 Å². The number of carbonyl (C=O) groups is 3. The Balaban J connectivity index is 1.48. The Labute approximate surface area is 201 Å². The highest BCUT2D eigenvalue weighted by Gasteiger charge is 2.29. The number of carboxylic acid groups (broad SMARTS) is 1. The second-order valence-electron chi connectivity index (χ2n) is 8.50. The maximum atomic E-state index is 14.6. The number of benzene rings is 3.